The molecule has 1 N–H and O–H groups in total. The molecule has 0 aliphatic carbocycles. The Kier molecular flexibility index (Phi) is 6.72. The Balaban J connectivity index is 1.48. The number of aromatic amines is 1. The molecule has 0 unspecified atom stereocenters. The summed E-state index contributed by atoms with van der Waals surface area (Å²) in [5.41, 5.74) is 1.92. The van der Waals surface area contributed by atoms with E-state index in [1.807, 2.05) is 23.6 Å². The predicted molar refractivity (Wildman–Crippen MR) is 125 cm³/mol. The molecule has 0 spiro atoms. The van der Waals surface area contributed by atoms with Crippen molar-refractivity contribution >= 4 is 33.3 Å². The number of H-pyrrole nitrogens is 1. The van der Waals surface area contributed by atoms with Gasteiger partial charge in [-0.05, 0) is 41.5 Å². The van der Waals surface area contributed by atoms with Crippen LogP contribution in [-0.2, 0) is 25.3 Å². The zero-order valence-electron chi connectivity index (χ0n) is 17.8. The quantitative estimate of drug-likeness (QED) is 0.369. The molecule has 0 atom stereocenters. The lowest BCUT2D eigenvalue weighted by Crippen LogP contribution is -2.13. The van der Waals surface area contributed by atoms with Gasteiger partial charge in [0.05, 0.1) is 11.3 Å². The number of hydrogen-bond acceptors (Lipinski definition) is 7. The van der Waals surface area contributed by atoms with Gasteiger partial charge in [-0.3, -0.25) is 4.79 Å². The van der Waals surface area contributed by atoms with Crippen molar-refractivity contribution in [2.24, 2.45) is 5.92 Å². The van der Waals surface area contributed by atoms with Crippen molar-refractivity contribution in [3.8, 4) is 5.75 Å². The first kappa shape index (κ1) is 21.6. The van der Waals surface area contributed by atoms with E-state index in [1.54, 1.807) is 0 Å². The number of nitrogens with one attached hydrogen (secondary N) is 1. The summed E-state index contributed by atoms with van der Waals surface area (Å²) >= 11 is 2.92. The molecule has 0 aliphatic rings. The maximum Gasteiger partial charge on any atom is 0.268 e. The second-order valence-electron chi connectivity index (χ2n) is 7.63. The minimum absolute atomic E-state index is 0.0950. The Hall–Kier alpha value is -2.65. The highest BCUT2D eigenvalue weighted by Crippen LogP contribution is 2.23. The number of nitrogens with zero attached hydrogens (tertiary/aromatic N) is 4. The fraction of sp³-hybridized carbons (Fsp3) is 0.364. The predicted octanol–water partition coefficient (Wildman–Crippen LogP) is 4.67. The number of hydrogen-bond donors (Lipinski definition) is 1. The van der Waals surface area contributed by atoms with E-state index in [0.29, 0.717) is 28.8 Å². The van der Waals surface area contributed by atoms with Gasteiger partial charge < -0.3 is 14.3 Å². The van der Waals surface area contributed by atoms with Crippen LogP contribution in [0, 0.1) is 5.92 Å². The molecular weight excluding hydrogens is 430 g/mol. The van der Waals surface area contributed by atoms with Crippen LogP contribution in [0.1, 0.15) is 38.0 Å². The van der Waals surface area contributed by atoms with Crippen LogP contribution in [0.25, 0.3) is 10.2 Å². The van der Waals surface area contributed by atoms with Crippen LogP contribution in [0.2, 0.25) is 0 Å². The van der Waals surface area contributed by atoms with E-state index in [1.165, 1.54) is 28.7 Å². The summed E-state index contributed by atoms with van der Waals surface area (Å²) in [6.07, 6.45) is 1.00. The number of rotatable bonds is 9. The average molecular weight is 456 g/mol. The van der Waals surface area contributed by atoms with Crippen molar-refractivity contribution < 1.29 is 4.74 Å². The summed E-state index contributed by atoms with van der Waals surface area (Å²) < 4.78 is 8.70. The largest absolute Gasteiger partial charge is 0.486 e. The van der Waals surface area contributed by atoms with Crippen LogP contribution < -0.4 is 10.3 Å². The Morgan fingerprint density at radius 2 is 2.00 bits per heavy atom. The van der Waals surface area contributed by atoms with Gasteiger partial charge in [-0.25, -0.2) is 4.98 Å². The molecule has 0 saturated heterocycles. The van der Waals surface area contributed by atoms with Crippen LogP contribution in [0.5, 0.6) is 5.75 Å². The van der Waals surface area contributed by atoms with Crippen molar-refractivity contribution in [2.45, 2.75) is 51.3 Å². The summed E-state index contributed by atoms with van der Waals surface area (Å²) in [6.45, 7) is 7.59. The van der Waals surface area contributed by atoms with Gasteiger partial charge >= 0.3 is 0 Å². The standard InChI is InChI=1S/C22H25N5O2S2/c1-4-15-5-7-16(8-6-15)29-12-19-25-26-22(27(19)11-14(2)3)31-13-18-23-17-9-10-30-20(17)21(28)24-18/h5-10,14H,4,11-13H2,1-3H3,(H,23,24,28). The lowest BCUT2D eigenvalue weighted by molar-refractivity contribution is 0.284. The summed E-state index contributed by atoms with van der Waals surface area (Å²) in [7, 11) is 0. The van der Waals surface area contributed by atoms with Crippen LogP contribution in [0.3, 0.4) is 0 Å². The summed E-state index contributed by atoms with van der Waals surface area (Å²) in [5, 5.41) is 11.4. The number of ether oxygens (including phenoxy) is 1. The maximum atomic E-state index is 12.2. The molecule has 7 nitrogen and oxygen atoms in total. The van der Waals surface area contributed by atoms with Crippen LogP contribution in [0.4, 0.5) is 0 Å². The van der Waals surface area contributed by atoms with Gasteiger partial charge in [-0.1, -0.05) is 44.7 Å². The van der Waals surface area contributed by atoms with E-state index in [2.05, 4.69) is 57.6 Å². The molecule has 9 heteroatoms. The highest BCUT2D eigenvalue weighted by molar-refractivity contribution is 7.98. The summed E-state index contributed by atoms with van der Waals surface area (Å²) in [6, 6.07) is 9.99. The SMILES string of the molecule is CCc1ccc(OCc2nnc(SCc3nc4ccsc4c(=O)[nH]3)n2CC(C)C)cc1. The number of aromatic nitrogens is 5. The molecule has 31 heavy (non-hydrogen) atoms. The molecule has 0 radical (unpaired) electrons. The lowest BCUT2D eigenvalue weighted by atomic mass is 10.2. The van der Waals surface area contributed by atoms with E-state index in [-0.39, 0.29) is 5.56 Å². The Morgan fingerprint density at radius 3 is 2.74 bits per heavy atom. The number of thiophene rings is 1. The molecule has 4 rings (SSSR count). The van der Waals surface area contributed by atoms with E-state index in [4.69, 9.17) is 4.74 Å². The molecule has 4 aromatic rings. The minimum Gasteiger partial charge on any atom is -0.486 e. The molecular formula is C22H25N5O2S2. The Morgan fingerprint density at radius 1 is 1.19 bits per heavy atom. The third kappa shape index (κ3) is 5.16. The lowest BCUT2D eigenvalue weighted by Gasteiger charge is -2.13. The fourth-order valence-electron chi connectivity index (χ4n) is 3.17. The maximum absolute atomic E-state index is 12.2. The van der Waals surface area contributed by atoms with E-state index in [9.17, 15) is 4.79 Å². The van der Waals surface area contributed by atoms with Crippen LogP contribution >= 0.6 is 23.1 Å². The Bertz CT molecular complexity index is 1210. The molecule has 3 aromatic heterocycles. The molecule has 0 fully saturated rings. The van der Waals surface area contributed by atoms with E-state index in [0.717, 1.165) is 35.2 Å². The van der Waals surface area contributed by atoms with Gasteiger partial charge in [0, 0.05) is 6.54 Å². The number of benzene rings is 1. The normalized spacial score (nSPS) is 11.5. The topological polar surface area (TPSA) is 85.7 Å². The van der Waals surface area contributed by atoms with Crippen molar-refractivity contribution in [3.05, 3.63) is 63.3 Å². The van der Waals surface area contributed by atoms with E-state index < -0.39 is 0 Å². The molecule has 0 aliphatic heterocycles. The average Bonchev–Trinajstić information content (AvgIpc) is 3.38. The van der Waals surface area contributed by atoms with Crippen LogP contribution in [0.15, 0.2) is 45.7 Å². The van der Waals surface area contributed by atoms with Gasteiger partial charge in [0.15, 0.2) is 11.0 Å². The molecule has 3 heterocycles. The highest BCUT2D eigenvalue weighted by atomic mass is 32.2. The van der Waals surface area contributed by atoms with Crippen molar-refractivity contribution in [1.29, 1.82) is 0 Å². The third-order valence-corrected chi connectivity index (χ3v) is 6.62. The van der Waals surface area contributed by atoms with E-state index >= 15 is 0 Å². The van der Waals surface area contributed by atoms with Crippen molar-refractivity contribution in [2.75, 3.05) is 0 Å². The Labute approximate surface area is 188 Å². The number of aryl methyl sites for hydroxylation is 1. The second-order valence-corrected chi connectivity index (χ2v) is 9.48. The number of fused-ring (bicyclic) bond motifs is 1. The highest BCUT2D eigenvalue weighted by Gasteiger charge is 2.16. The first-order chi connectivity index (χ1) is 15.0. The molecule has 162 valence electrons. The van der Waals surface area contributed by atoms with Gasteiger partial charge in [-0.15, -0.1) is 21.5 Å². The zero-order valence-corrected chi connectivity index (χ0v) is 19.4. The van der Waals surface area contributed by atoms with Crippen LogP contribution in [-0.4, -0.2) is 24.7 Å². The third-order valence-electron chi connectivity index (χ3n) is 4.74. The molecule has 0 bridgehead atoms. The monoisotopic (exact) mass is 455 g/mol. The molecule has 0 saturated carbocycles. The first-order valence-corrected chi connectivity index (χ1v) is 12.1. The summed E-state index contributed by atoms with van der Waals surface area (Å²) in [4.78, 5) is 19.6. The minimum atomic E-state index is -0.0950. The first-order valence-electron chi connectivity index (χ1n) is 10.3. The van der Waals surface area contributed by atoms with Gasteiger partial charge in [-0.2, -0.15) is 0 Å². The zero-order chi connectivity index (χ0) is 21.8. The van der Waals surface area contributed by atoms with Crippen molar-refractivity contribution in [3.63, 3.8) is 0 Å². The van der Waals surface area contributed by atoms with Crippen molar-refractivity contribution in [1.82, 2.24) is 24.7 Å². The number of thioether (sulfide) groups is 1. The molecule has 0 amide bonds. The van der Waals surface area contributed by atoms with Gasteiger partial charge in [0.25, 0.3) is 5.56 Å². The smallest absolute Gasteiger partial charge is 0.268 e. The van der Waals surface area contributed by atoms with Gasteiger partial charge in [0.1, 0.15) is 22.9 Å². The van der Waals surface area contributed by atoms with Gasteiger partial charge in [0.2, 0.25) is 0 Å². The summed E-state index contributed by atoms with van der Waals surface area (Å²) in [5.74, 6) is 3.17. The molecule has 1 aromatic carbocycles. The fourth-order valence-corrected chi connectivity index (χ4v) is 4.74. The second kappa shape index (κ2) is 9.65.